The van der Waals surface area contributed by atoms with Gasteiger partial charge in [-0.1, -0.05) is 17.7 Å². The third kappa shape index (κ3) is 3.19. The molecule has 0 aliphatic heterocycles. The minimum atomic E-state index is -0.675. The van der Waals surface area contributed by atoms with E-state index in [0.717, 1.165) is 6.20 Å². The Labute approximate surface area is 114 Å². The molecule has 100 valence electrons. The quantitative estimate of drug-likeness (QED) is 0.933. The monoisotopic (exact) mass is 284 g/mol. The third-order valence-corrected chi connectivity index (χ3v) is 2.67. The molecule has 0 aliphatic rings. The fourth-order valence-corrected chi connectivity index (χ4v) is 1.71. The first-order valence-electron chi connectivity index (χ1n) is 5.52. The maximum absolute atomic E-state index is 13.7. The molecule has 0 unspecified atom stereocenters. The van der Waals surface area contributed by atoms with E-state index in [1.54, 1.807) is 13.1 Å². The Hall–Kier alpha value is -1.72. The van der Waals surface area contributed by atoms with Gasteiger partial charge >= 0.3 is 0 Å². The highest BCUT2D eigenvalue weighted by Gasteiger charge is 2.12. The maximum Gasteiger partial charge on any atom is 0.224 e. The zero-order valence-electron chi connectivity index (χ0n) is 10.1. The van der Waals surface area contributed by atoms with Gasteiger partial charge in [-0.3, -0.25) is 0 Å². The van der Waals surface area contributed by atoms with Gasteiger partial charge < -0.3 is 10.1 Å². The van der Waals surface area contributed by atoms with Crippen LogP contribution in [0.3, 0.4) is 0 Å². The number of nitrogens with zero attached hydrogens (tertiary/aromatic N) is 1. The van der Waals surface area contributed by atoms with Gasteiger partial charge in [0.25, 0.3) is 0 Å². The predicted octanol–water partition coefficient (Wildman–Crippen LogP) is 3.52. The molecule has 0 bridgehead atoms. The second kappa shape index (κ2) is 5.95. The fourth-order valence-electron chi connectivity index (χ4n) is 1.54. The number of nitrogens with one attached hydrogen (secondary N) is 1. The van der Waals surface area contributed by atoms with E-state index in [2.05, 4.69) is 10.3 Å². The number of halogens is 3. The van der Waals surface area contributed by atoms with Gasteiger partial charge in [-0.05, 0) is 25.2 Å². The molecule has 0 amide bonds. The Morgan fingerprint density at radius 3 is 2.89 bits per heavy atom. The lowest BCUT2D eigenvalue weighted by molar-refractivity contribution is 0.419. The summed E-state index contributed by atoms with van der Waals surface area (Å²) in [6.45, 7) is 0.349. The topological polar surface area (TPSA) is 34.2 Å². The van der Waals surface area contributed by atoms with Crippen molar-refractivity contribution in [1.82, 2.24) is 10.3 Å². The fraction of sp³-hybridized carbons (Fsp3) is 0.154. The molecule has 0 fully saturated rings. The Balaban J connectivity index is 2.35. The van der Waals surface area contributed by atoms with Gasteiger partial charge in [0.2, 0.25) is 5.88 Å². The van der Waals surface area contributed by atoms with Gasteiger partial charge in [-0.15, -0.1) is 0 Å². The number of benzene rings is 1. The smallest absolute Gasteiger partial charge is 0.224 e. The van der Waals surface area contributed by atoms with Crippen LogP contribution in [0.4, 0.5) is 8.78 Å². The Bertz CT molecular complexity index is 593. The molecule has 3 nitrogen and oxygen atoms in total. The summed E-state index contributed by atoms with van der Waals surface area (Å²) in [7, 11) is 1.70. The number of hydrogen-bond donors (Lipinski definition) is 1. The molecule has 1 N–H and O–H groups in total. The van der Waals surface area contributed by atoms with Crippen LogP contribution in [0.2, 0.25) is 5.02 Å². The first-order chi connectivity index (χ1) is 9.11. The van der Waals surface area contributed by atoms with Crippen molar-refractivity contribution in [3.8, 4) is 11.6 Å². The maximum atomic E-state index is 13.7. The molecule has 0 spiro atoms. The molecule has 2 aromatic rings. The Kier molecular flexibility index (Phi) is 4.29. The van der Waals surface area contributed by atoms with Crippen LogP contribution in [0.25, 0.3) is 0 Å². The Morgan fingerprint density at radius 2 is 2.16 bits per heavy atom. The number of hydrogen-bond acceptors (Lipinski definition) is 3. The second-order valence-corrected chi connectivity index (χ2v) is 4.21. The molecule has 0 radical (unpaired) electrons. The van der Waals surface area contributed by atoms with Crippen LogP contribution < -0.4 is 10.1 Å². The summed E-state index contributed by atoms with van der Waals surface area (Å²) < 4.78 is 32.2. The van der Waals surface area contributed by atoms with E-state index in [9.17, 15) is 8.78 Å². The van der Waals surface area contributed by atoms with Crippen molar-refractivity contribution in [3.05, 3.63) is 52.7 Å². The Morgan fingerprint density at radius 1 is 1.37 bits per heavy atom. The van der Waals surface area contributed by atoms with Crippen molar-refractivity contribution < 1.29 is 13.5 Å². The normalized spacial score (nSPS) is 10.5. The van der Waals surface area contributed by atoms with Crippen molar-refractivity contribution in [3.63, 3.8) is 0 Å². The molecule has 0 saturated heterocycles. The molecule has 1 aromatic heterocycles. The van der Waals surface area contributed by atoms with E-state index in [1.165, 1.54) is 18.2 Å². The van der Waals surface area contributed by atoms with Crippen LogP contribution in [-0.2, 0) is 6.54 Å². The van der Waals surface area contributed by atoms with Gasteiger partial charge in [0.15, 0.2) is 11.6 Å². The van der Waals surface area contributed by atoms with Gasteiger partial charge in [-0.2, -0.15) is 0 Å². The second-order valence-electron chi connectivity index (χ2n) is 3.80. The van der Waals surface area contributed by atoms with Crippen LogP contribution in [0, 0.1) is 11.6 Å². The summed E-state index contributed by atoms with van der Waals surface area (Å²) in [4.78, 5) is 3.82. The van der Waals surface area contributed by atoms with E-state index in [-0.39, 0.29) is 16.7 Å². The minimum absolute atomic E-state index is 0.0465. The van der Waals surface area contributed by atoms with E-state index in [0.29, 0.717) is 12.1 Å². The molecule has 1 aromatic carbocycles. The van der Waals surface area contributed by atoms with E-state index < -0.39 is 11.6 Å². The van der Waals surface area contributed by atoms with E-state index >= 15 is 0 Å². The molecular formula is C13H11ClF2N2O. The standard InChI is InChI=1S/C13H11ClF2N2O/c1-17-6-8-5-9(15)7-18-13(8)19-11-4-2-3-10(14)12(11)16/h2-5,7,17H,6H2,1H3. The minimum Gasteiger partial charge on any atom is -0.436 e. The van der Waals surface area contributed by atoms with Crippen LogP contribution in [0.15, 0.2) is 30.5 Å². The highest BCUT2D eigenvalue weighted by molar-refractivity contribution is 6.30. The van der Waals surface area contributed by atoms with Gasteiger partial charge in [0.1, 0.15) is 5.82 Å². The summed E-state index contributed by atoms with van der Waals surface area (Å²) in [5.74, 6) is -1.07. The van der Waals surface area contributed by atoms with Crippen LogP contribution in [-0.4, -0.2) is 12.0 Å². The molecular weight excluding hydrogens is 274 g/mol. The zero-order chi connectivity index (χ0) is 13.8. The lowest BCUT2D eigenvalue weighted by Gasteiger charge is -2.10. The van der Waals surface area contributed by atoms with Crippen molar-refractivity contribution >= 4 is 11.6 Å². The molecule has 1 heterocycles. The van der Waals surface area contributed by atoms with Crippen LogP contribution >= 0.6 is 11.6 Å². The number of rotatable bonds is 4. The van der Waals surface area contributed by atoms with Crippen molar-refractivity contribution in [2.45, 2.75) is 6.54 Å². The van der Waals surface area contributed by atoms with Gasteiger partial charge in [0.05, 0.1) is 11.2 Å². The zero-order valence-corrected chi connectivity index (χ0v) is 10.8. The van der Waals surface area contributed by atoms with Gasteiger partial charge in [0, 0.05) is 12.1 Å². The summed E-state index contributed by atoms with van der Waals surface area (Å²) in [6, 6.07) is 5.68. The molecule has 0 saturated carbocycles. The summed E-state index contributed by atoms with van der Waals surface area (Å²) >= 11 is 5.66. The lowest BCUT2D eigenvalue weighted by atomic mass is 10.2. The number of ether oxygens (including phenoxy) is 1. The molecule has 0 atom stereocenters. The SMILES string of the molecule is CNCc1cc(F)cnc1Oc1cccc(Cl)c1F. The average molecular weight is 285 g/mol. The highest BCUT2D eigenvalue weighted by Crippen LogP contribution is 2.29. The highest BCUT2D eigenvalue weighted by atomic mass is 35.5. The lowest BCUT2D eigenvalue weighted by Crippen LogP contribution is -2.08. The summed E-state index contributed by atoms with van der Waals surface area (Å²) in [5.41, 5.74) is 0.488. The van der Waals surface area contributed by atoms with Crippen molar-refractivity contribution in [2.24, 2.45) is 0 Å². The predicted molar refractivity (Wildman–Crippen MR) is 68.4 cm³/mol. The van der Waals surface area contributed by atoms with Crippen molar-refractivity contribution in [1.29, 1.82) is 0 Å². The van der Waals surface area contributed by atoms with Gasteiger partial charge in [-0.25, -0.2) is 13.8 Å². The van der Waals surface area contributed by atoms with E-state index in [1.807, 2.05) is 0 Å². The van der Waals surface area contributed by atoms with E-state index in [4.69, 9.17) is 16.3 Å². The van der Waals surface area contributed by atoms with Crippen LogP contribution in [0.1, 0.15) is 5.56 Å². The molecule has 2 rings (SSSR count). The molecule has 19 heavy (non-hydrogen) atoms. The first-order valence-corrected chi connectivity index (χ1v) is 5.90. The summed E-state index contributed by atoms with van der Waals surface area (Å²) in [6.07, 6.45) is 1.01. The summed E-state index contributed by atoms with van der Waals surface area (Å²) in [5, 5.41) is 2.81. The largest absolute Gasteiger partial charge is 0.436 e. The number of pyridine rings is 1. The van der Waals surface area contributed by atoms with Crippen molar-refractivity contribution in [2.75, 3.05) is 7.05 Å². The molecule has 0 aliphatic carbocycles. The third-order valence-electron chi connectivity index (χ3n) is 2.38. The molecule has 6 heteroatoms. The average Bonchev–Trinajstić information content (AvgIpc) is 2.38. The number of aromatic nitrogens is 1. The van der Waals surface area contributed by atoms with Crippen LogP contribution in [0.5, 0.6) is 11.6 Å². The first kappa shape index (κ1) is 13.7.